The van der Waals surface area contributed by atoms with Crippen LogP contribution >= 0.6 is 11.3 Å². The second-order valence-corrected chi connectivity index (χ2v) is 9.19. The Balaban J connectivity index is 1.69. The maximum atomic E-state index is 13.5. The smallest absolute Gasteiger partial charge is 0.282 e. The SMILES string of the molecule is Cc1cccc(NC2=C(c3cccs3)C(=O)N(c3ccc(OCC(C)C)cc3)C2=O)c1C. The fraction of sp³-hybridized carbons (Fsp3) is 0.231. The predicted octanol–water partition coefficient (Wildman–Crippen LogP) is 5.80. The highest BCUT2D eigenvalue weighted by atomic mass is 32.1. The Morgan fingerprint density at radius 3 is 2.38 bits per heavy atom. The summed E-state index contributed by atoms with van der Waals surface area (Å²) in [6.07, 6.45) is 0. The van der Waals surface area contributed by atoms with Crippen LogP contribution in [0.25, 0.3) is 5.57 Å². The van der Waals surface area contributed by atoms with Crippen LogP contribution in [-0.2, 0) is 9.59 Å². The third-order valence-corrected chi connectivity index (χ3v) is 6.28. The van der Waals surface area contributed by atoms with Crippen molar-refractivity contribution < 1.29 is 14.3 Å². The molecule has 0 saturated carbocycles. The van der Waals surface area contributed by atoms with Crippen molar-refractivity contribution in [3.63, 3.8) is 0 Å². The van der Waals surface area contributed by atoms with Crippen molar-refractivity contribution in [2.45, 2.75) is 27.7 Å². The number of carbonyl (C=O) groups is 2. The first kappa shape index (κ1) is 21.8. The van der Waals surface area contributed by atoms with Gasteiger partial charge in [0.25, 0.3) is 11.8 Å². The van der Waals surface area contributed by atoms with Gasteiger partial charge in [0.2, 0.25) is 0 Å². The minimum atomic E-state index is -0.366. The van der Waals surface area contributed by atoms with Crippen LogP contribution < -0.4 is 15.0 Å². The van der Waals surface area contributed by atoms with Gasteiger partial charge in [0.1, 0.15) is 11.4 Å². The molecule has 4 rings (SSSR count). The molecule has 1 aromatic heterocycles. The van der Waals surface area contributed by atoms with Crippen molar-refractivity contribution in [3.8, 4) is 5.75 Å². The summed E-state index contributed by atoms with van der Waals surface area (Å²) < 4.78 is 5.73. The first-order valence-corrected chi connectivity index (χ1v) is 11.5. The summed E-state index contributed by atoms with van der Waals surface area (Å²) in [6.45, 7) is 8.79. The van der Waals surface area contributed by atoms with Gasteiger partial charge in [-0.05, 0) is 72.7 Å². The standard InChI is InChI=1S/C26H26N2O3S/c1-16(2)15-31-20-12-10-19(11-13-20)28-25(29)23(22-9-6-14-32-22)24(26(28)30)27-21-8-5-7-17(3)18(21)4/h5-14,16,27H,15H2,1-4H3. The quantitative estimate of drug-likeness (QED) is 0.466. The van der Waals surface area contributed by atoms with Gasteiger partial charge < -0.3 is 10.1 Å². The number of amides is 2. The van der Waals surface area contributed by atoms with Gasteiger partial charge in [-0.2, -0.15) is 0 Å². The predicted molar refractivity (Wildman–Crippen MR) is 130 cm³/mol. The summed E-state index contributed by atoms with van der Waals surface area (Å²) >= 11 is 1.44. The van der Waals surface area contributed by atoms with E-state index in [0.717, 1.165) is 21.7 Å². The normalized spacial score (nSPS) is 14.0. The number of thiophene rings is 1. The van der Waals surface area contributed by atoms with Crippen molar-refractivity contribution in [1.29, 1.82) is 0 Å². The lowest BCUT2D eigenvalue weighted by molar-refractivity contribution is -0.120. The van der Waals surface area contributed by atoms with E-state index in [1.165, 1.54) is 16.2 Å². The molecule has 0 atom stereocenters. The lowest BCUT2D eigenvalue weighted by Gasteiger charge is -2.17. The van der Waals surface area contributed by atoms with Crippen LogP contribution in [0.4, 0.5) is 11.4 Å². The van der Waals surface area contributed by atoms with Gasteiger partial charge in [-0.3, -0.25) is 9.59 Å². The largest absolute Gasteiger partial charge is 0.493 e. The number of imide groups is 1. The maximum absolute atomic E-state index is 13.5. The highest BCUT2D eigenvalue weighted by Crippen LogP contribution is 2.36. The number of nitrogens with one attached hydrogen (secondary N) is 1. The van der Waals surface area contributed by atoms with Gasteiger partial charge >= 0.3 is 0 Å². The number of hydrogen-bond donors (Lipinski definition) is 1. The number of hydrogen-bond acceptors (Lipinski definition) is 5. The zero-order valence-electron chi connectivity index (χ0n) is 18.6. The molecular formula is C26H26N2O3S. The Labute approximate surface area is 192 Å². The molecule has 2 amide bonds. The van der Waals surface area contributed by atoms with Crippen LogP contribution in [0.5, 0.6) is 5.75 Å². The highest BCUT2D eigenvalue weighted by molar-refractivity contribution is 7.11. The van der Waals surface area contributed by atoms with E-state index in [1.54, 1.807) is 24.3 Å². The monoisotopic (exact) mass is 446 g/mol. The Hall–Kier alpha value is -3.38. The second-order valence-electron chi connectivity index (χ2n) is 8.24. The Morgan fingerprint density at radius 2 is 1.72 bits per heavy atom. The zero-order chi connectivity index (χ0) is 22.8. The number of rotatable bonds is 7. The van der Waals surface area contributed by atoms with Gasteiger partial charge in [-0.25, -0.2) is 4.90 Å². The van der Waals surface area contributed by atoms with Crippen LogP contribution in [0.15, 0.2) is 65.7 Å². The lowest BCUT2D eigenvalue weighted by atomic mass is 10.1. The minimum absolute atomic E-state index is 0.297. The molecule has 6 heteroatoms. The highest BCUT2D eigenvalue weighted by Gasteiger charge is 2.40. The van der Waals surface area contributed by atoms with Crippen LogP contribution in [-0.4, -0.2) is 18.4 Å². The van der Waals surface area contributed by atoms with E-state index in [-0.39, 0.29) is 11.8 Å². The maximum Gasteiger partial charge on any atom is 0.282 e. The fourth-order valence-corrected chi connectivity index (χ4v) is 4.27. The third-order valence-electron chi connectivity index (χ3n) is 5.39. The first-order chi connectivity index (χ1) is 15.4. The average Bonchev–Trinajstić information content (AvgIpc) is 3.37. The van der Waals surface area contributed by atoms with E-state index >= 15 is 0 Å². The summed E-state index contributed by atoms with van der Waals surface area (Å²) in [5, 5.41) is 5.16. The van der Waals surface area contributed by atoms with E-state index in [2.05, 4.69) is 19.2 Å². The van der Waals surface area contributed by atoms with Gasteiger partial charge in [0.05, 0.1) is 17.9 Å². The first-order valence-electron chi connectivity index (χ1n) is 10.6. The van der Waals surface area contributed by atoms with E-state index in [1.807, 2.05) is 49.6 Å². The third kappa shape index (κ3) is 4.18. The fourth-order valence-electron chi connectivity index (χ4n) is 3.51. The molecule has 0 spiro atoms. The Morgan fingerprint density at radius 1 is 0.969 bits per heavy atom. The van der Waals surface area contributed by atoms with E-state index in [0.29, 0.717) is 35.2 Å². The van der Waals surface area contributed by atoms with Gasteiger partial charge in [-0.1, -0.05) is 32.0 Å². The van der Waals surface area contributed by atoms with Crippen molar-refractivity contribution in [2.24, 2.45) is 5.92 Å². The number of nitrogens with zero attached hydrogens (tertiary/aromatic N) is 1. The number of ether oxygens (including phenoxy) is 1. The summed E-state index contributed by atoms with van der Waals surface area (Å²) in [5.74, 6) is 0.422. The molecule has 2 heterocycles. The van der Waals surface area contributed by atoms with Gasteiger partial charge in [0.15, 0.2) is 0 Å². The molecule has 0 unspecified atom stereocenters. The number of anilines is 2. The van der Waals surface area contributed by atoms with E-state index < -0.39 is 0 Å². The summed E-state index contributed by atoms with van der Waals surface area (Å²) in [7, 11) is 0. The Kier molecular flexibility index (Phi) is 6.15. The molecule has 2 aromatic carbocycles. The molecule has 1 aliphatic rings. The topological polar surface area (TPSA) is 58.6 Å². The van der Waals surface area contributed by atoms with Crippen molar-refractivity contribution in [3.05, 3.63) is 81.7 Å². The molecule has 0 saturated heterocycles. The molecule has 0 aliphatic carbocycles. The van der Waals surface area contributed by atoms with Crippen LogP contribution in [0.2, 0.25) is 0 Å². The van der Waals surface area contributed by atoms with Gasteiger partial charge in [-0.15, -0.1) is 11.3 Å². The number of carbonyl (C=O) groups excluding carboxylic acids is 2. The molecule has 164 valence electrons. The van der Waals surface area contributed by atoms with Crippen molar-refractivity contribution in [1.82, 2.24) is 0 Å². The van der Waals surface area contributed by atoms with Crippen LogP contribution in [0.1, 0.15) is 29.9 Å². The number of aryl methyl sites for hydroxylation is 1. The summed E-state index contributed by atoms with van der Waals surface area (Å²) in [6, 6.07) is 16.7. The molecule has 0 bridgehead atoms. The second kappa shape index (κ2) is 9.01. The summed E-state index contributed by atoms with van der Waals surface area (Å²) in [5.41, 5.74) is 4.17. The van der Waals surface area contributed by atoms with Crippen molar-refractivity contribution >= 4 is 40.1 Å². The number of benzene rings is 2. The molecule has 1 aliphatic heterocycles. The molecular weight excluding hydrogens is 420 g/mol. The molecule has 32 heavy (non-hydrogen) atoms. The van der Waals surface area contributed by atoms with E-state index in [9.17, 15) is 9.59 Å². The van der Waals surface area contributed by atoms with Gasteiger partial charge in [0, 0.05) is 10.6 Å². The average molecular weight is 447 g/mol. The molecule has 5 nitrogen and oxygen atoms in total. The van der Waals surface area contributed by atoms with Crippen molar-refractivity contribution in [2.75, 3.05) is 16.8 Å². The minimum Gasteiger partial charge on any atom is -0.493 e. The zero-order valence-corrected chi connectivity index (χ0v) is 19.5. The molecule has 1 N–H and O–H groups in total. The van der Waals surface area contributed by atoms with E-state index in [4.69, 9.17) is 4.74 Å². The van der Waals surface area contributed by atoms with Crippen LogP contribution in [0.3, 0.4) is 0 Å². The molecule has 3 aromatic rings. The molecule has 0 radical (unpaired) electrons. The Bertz CT molecular complexity index is 1180. The molecule has 0 fully saturated rings. The van der Waals surface area contributed by atoms with Crippen LogP contribution in [0, 0.1) is 19.8 Å². The summed E-state index contributed by atoms with van der Waals surface area (Å²) in [4.78, 5) is 28.9. The lowest BCUT2D eigenvalue weighted by Crippen LogP contribution is -2.32.